The molecule has 8 aromatic carbocycles. The summed E-state index contributed by atoms with van der Waals surface area (Å²) < 4.78 is 10.3. The van der Waals surface area contributed by atoms with Gasteiger partial charge in [0, 0.05) is 0 Å². The van der Waals surface area contributed by atoms with E-state index in [9.17, 15) is 0 Å². The van der Waals surface area contributed by atoms with Crippen LogP contribution in [0.1, 0.15) is 0 Å². The Labute approximate surface area is 334 Å². The second-order valence-corrected chi connectivity index (χ2v) is 22.7. The average Bonchev–Trinajstić information content (AvgIpc) is 3.81. The van der Waals surface area contributed by atoms with Crippen LogP contribution in [0.5, 0.6) is 0 Å². The molecule has 11 aromatic rings. The van der Waals surface area contributed by atoms with Crippen molar-refractivity contribution in [2.24, 2.45) is 0 Å². The van der Waals surface area contributed by atoms with E-state index in [-0.39, 0.29) is 0 Å². The van der Waals surface area contributed by atoms with Gasteiger partial charge in [-0.1, -0.05) is 0 Å². The summed E-state index contributed by atoms with van der Waals surface area (Å²) in [6.45, 7) is 0. The molecule has 0 atom stereocenters. The molecule has 0 radical (unpaired) electrons. The van der Waals surface area contributed by atoms with Crippen molar-refractivity contribution in [3.8, 4) is 22.8 Å². The van der Waals surface area contributed by atoms with Crippen LogP contribution in [0.4, 0.5) is 0 Å². The van der Waals surface area contributed by atoms with Gasteiger partial charge in [0.15, 0.2) is 0 Å². The zero-order chi connectivity index (χ0) is 37.8. The molecule has 3 aromatic heterocycles. The van der Waals surface area contributed by atoms with Gasteiger partial charge in [0.2, 0.25) is 0 Å². The van der Waals surface area contributed by atoms with Crippen LogP contribution in [0.3, 0.4) is 0 Å². The summed E-state index contributed by atoms with van der Waals surface area (Å²) >= 11 is -3.54. The number of rotatable bonds is 7. The number of fused-ring (bicyclic) bond motifs is 6. The van der Waals surface area contributed by atoms with Crippen molar-refractivity contribution in [1.29, 1.82) is 0 Å². The molecule has 4 heteroatoms. The molecule has 57 heavy (non-hydrogen) atoms. The number of hydrogen-bond acceptors (Lipinski definition) is 1. The van der Waals surface area contributed by atoms with Crippen LogP contribution < -0.4 is 17.6 Å². The van der Waals surface area contributed by atoms with E-state index in [0.717, 1.165) is 44.8 Å². The van der Waals surface area contributed by atoms with Crippen molar-refractivity contribution < 1.29 is 0 Å². The fraction of sp³-hybridized carbons (Fsp3) is 0. The van der Waals surface area contributed by atoms with Gasteiger partial charge in [0.25, 0.3) is 0 Å². The molecule has 11 rings (SSSR count). The van der Waals surface area contributed by atoms with Gasteiger partial charge in [0.1, 0.15) is 0 Å². The first-order valence-electron chi connectivity index (χ1n) is 19.6. The molecule has 0 saturated heterocycles. The topological polar surface area (TPSA) is 22.8 Å². The fourth-order valence-electron chi connectivity index (χ4n) is 9.23. The molecule has 0 unspecified atom stereocenters. The minimum atomic E-state index is -3.54. The first-order valence-corrected chi connectivity index (χ1v) is 23.8. The molecular formula is C53H37GeN3. The van der Waals surface area contributed by atoms with E-state index >= 15 is 0 Å². The number of nitrogens with zero attached hydrogens (tertiary/aromatic N) is 3. The Hall–Kier alpha value is -6.95. The first kappa shape index (κ1) is 33.4. The third-order valence-electron chi connectivity index (χ3n) is 11.7. The Morgan fingerprint density at radius 2 is 0.614 bits per heavy atom. The molecule has 268 valence electrons. The van der Waals surface area contributed by atoms with Crippen molar-refractivity contribution in [2.45, 2.75) is 0 Å². The molecular weight excluding hydrogens is 751 g/mol. The summed E-state index contributed by atoms with van der Waals surface area (Å²) in [7, 11) is 0. The van der Waals surface area contributed by atoms with Crippen molar-refractivity contribution in [3.05, 3.63) is 224 Å². The van der Waals surface area contributed by atoms with E-state index in [1.165, 1.54) is 39.1 Å². The Balaban J connectivity index is 1.22. The predicted molar refractivity (Wildman–Crippen MR) is 242 cm³/mol. The number of pyridine rings is 1. The van der Waals surface area contributed by atoms with Crippen LogP contribution >= 0.6 is 0 Å². The van der Waals surface area contributed by atoms with Crippen molar-refractivity contribution >= 4 is 74.5 Å². The quantitative estimate of drug-likeness (QED) is 0.148. The second kappa shape index (κ2) is 13.7. The Bertz CT molecular complexity index is 2900. The number of aromatic nitrogens is 3. The summed E-state index contributed by atoms with van der Waals surface area (Å²) in [4.78, 5) is 5.60. The summed E-state index contributed by atoms with van der Waals surface area (Å²) in [6.07, 6.45) is 0. The summed E-state index contributed by atoms with van der Waals surface area (Å²) in [5.74, 6) is 1.77. The molecule has 3 heterocycles. The van der Waals surface area contributed by atoms with Gasteiger partial charge < -0.3 is 0 Å². The molecule has 0 N–H and O–H groups in total. The van der Waals surface area contributed by atoms with Crippen LogP contribution in [0.2, 0.25) is 0 Å². The fourth-order valence-corrected chi connectivity index (χ4v) is 19.3. The predicted octanol–water partition coefficient (Wildman–Crippen LogP) is 10.3. The van der Waals surface area contributed by atoms with Crippen molar-refractivity contribution in [3.63, 3.8) is 0 Å². The summed E-state index contributed by atoms with van der Waals surface area (Å²) in [6, 6.07) is 82.4. The average molecular weight is 789 g/mol. The van der Waals surface area contributed by atoms with Crippen LogP contribution in [-0.4, -0.2) is 27.4 Å². The number of benzene rings is 8. The minimum absolute atomic E-state index is 0.883. The third kappa shape index (κ3) is 5.31. The molecule has 0 amide bonds. The van der Waals surface area contributed by atoms with Crippen LogP contribution in [-0.2, 0) is 0 Å². The summed E-state index contributed by atoms with van der Waals surface area (Å²) in [5, 5.41) is 4.86. The van der Waals surface area contributed by atoms with Gasteiger partial charge in [-0.25, -0.2) is 0 Å². The van der Waals surface area contributed by atoms with Crippen molar-refractivity contribution in [1.82, 2.24) is 14.1 Å². The third-order valence-corrected chi connectivity index (χ3v) is 21.7. The zero-order valence-electron chi connectivity index (χ0n) is 31.2. The van der Waals surface area contributed by atoms with E-state index in [4.69, 9.17) is 4.98 Å². The standard InChI is InChI=1S/C53H37GeN3/c1-4-20-40(21-5-1)54(41-22-6-2-7-23-41,42-24-8-3-9-25-42)43-26-18-19-38(35-43)39-36-52(56-48-31-14-10-27-44(48)45-28-11-15-32-49(45)56)55-53(37-39)57-50-33-16-12-29-46(50)47-30-13-17-34-51(47)57/h1-37H. The Kier molecular flexibility index (Phi) is 8.00. The van der Waals surface area contributed by atoms with Crippen LogP contribution in [0.25, 0.3) is 66.4 Å². The molecule has 0 spiro atoms. The maximum absolute atomic E-state index is 5.60. The molecule has 0 bridgehead atoms. The van der Waals surface area contributed by atoms with E-state index < -0.39 is 13.3 Å². The van der Waals surface area contributed by atoms with Gasteiger partial charge in [-0.15, -0.1) is 0 Å². The van der Waals surface area contributed by atoms with Gasteiger partial charge >= 0.3 is 336 Å². The normalized spacial score (nSPS) is 11.9. The van der Waals surface area contributed by atoms with Crippen LogP contribution in [0, 0.1) is 0 Å². The molecule has 0 fully saturated rings. The van der Waals surface area contributed by atoms with Gasteiger partial charge in [-0.3, -0.25) is 0 Å². The zero-order valence-corrected chi connectivity index (χ0v) is 33.3. The monoisotopic (exact) mass is 789 g/mol. The second-order valence-electron chi connectivity index (χ2n) is 14.7. The van der Waals surface area contributed by atoms with E-state index in [0.29, 0.717) is 0 Å². The first-order chi connectivity index (χ1) is 28.3. The number of hydrogen-bond donors (Lipinski definition) is 0. The van der Waals surface area contributed by atoms with Gasteiger partial charge in [-0.05, 0) is 0 Å². The molecule has 3 nitrogen and oxygen atoms in total. The van der Waals surface area contributed by atoms with E-state index in [2.05, 4.69) is 234 Å². The maximum atomic E-state index is 5.60. The molecule has 0 aliphatic heterocycles. The van der Waals surface area contributed by atoms with Gasteiger partial charge in [0.05, 0.1) is 0 Å². The molecule has 0 aliphatic carbocycles. The Morgan fingerprint density at radius 1 is 0.281 bits per heavy atom. The van der Waals surface area contributed by atoms with E-state index in [1.807, 2.05) is 0 Å². The van der Waals surface area contributed by atoms with Gasteiger partial charge in [-0.2, -0.15) is 0 Å². The number of para-hydroxylation sites is 4. The Morgan fingerprint density at radius 3 is 1.00 bits per heavy atom. The molecule has 0 aliphatic rings. The van der Waals surface area contributed by atoms with Crippen molar-refractivity contribution in [2.75, 3.05) is 0 Å². The summed E-state index contributed by atoms with van der Waals surface area (Å²) in [5.41, 5.74) is 6.82. The van der Waals surface area contributed by atoms with Crippen LogP contribution in [0.15, 0.2) is 224 Å². The SMILES string of the molecule is c1cc[c]([Ge]([c]2ccccc2)([c]2ccccc2)[c]2cccc(-c3cc(-n4c5ccccc5c5ccccc54)nc(-n4c5ccccc5c5ccccc54)c3)c2)cc1. The van der Waals surface area contributed by atoms with E-state index in [1.54, 1.807) is 0 Å². The molecule has 0 saturated carbocycles.